The molecule has 0 unspecified atom stereocenters. The van der Waals surface area contributed by atoms with E-state index in [0.717, 1.165) is 16.3 Å². The third-order valence-corrected chi connectivity index (χ3v) is 5.32. The third-order valence-electron chi connectivity index (χ3n) is 2.72. The Morgan fingerprint density at radius 2 is 2.20 bits per heavy atom. The van der Waals surface area contributed by atoms with Gasteiger partial charge < -0.3 is 5.73 Å². The second-order valence-electron chi connectivity index (χ2n) is 4.58. The number of nitrogens with two attached hydrogens (primary N) is 1. The summed E-state index contributed by atoms with van der Waals surface area (Å²) in [4.78, 5) is 4.59. The fourth-order valence-electron chi connectivity index (χ4n) is 1.66. The van der Waals surface area contributed by atoms with Gasteiger partial charge in [0.2, 0.25) is 10.0 Å². The summed E-state index contributed by atoms with van der Waals surface area (Å²) in [5.74, 6) is 0. The standard InChI is InChI=1S/C13H17N3O2S2/c1-9(7-14)16-20(17,18)12-5-3-4-11(6-12)13-15-10(2)8-19-13/h3-6,8-9,16H,7,14H2,1-2H3/t9-/m1/s1. The summed E-state index contributed by atoms with van der Waals surface area (Å²) in [5.41, 5.74) is 7.17. The molecule has 1 aromatic heterocycles. The van der Waals surface area contributed by atoms with Crippen LogP contribution in [-0.4, -0.2) is 26.0 Å². The van der Waals surface area contributed by atoms with Crippen LogP contribution in [0.2, 0.25) is 0 Å². The Bertz CT molecular complexity index is 695. The molecule has 1 aromatic carbocycles. The van der Waals surface area contributed by atoms with E-state index in [0.29, 0.717) is 0 Å². The van der Waals surface area contributed by atoms with E-state index >= 15 is 0 Å². The van der Waals surface area contributed by atoms with E-state index in [1.54, 1.807) is 25.1 Å². The van der Waals surface area contributed by atoms with E-state index in [-0.39, 0.29) is 17.5 Å². The molecule has 0 aliphatic carbocycles. The highest BCUT2D eigenvalue weighted by Crippen LogP contribution is 2.25. The molecular formula is C13H17N3O2S2. The van der Waals surface area contributed by atoms with Gasteiger partial charge in [0.25, 0.3) is 0 Å². The number of benzene rings is 1. The molecule has 108 valence electrons. The first-order valence-corrected chi connectivity index (χ1v) is 8.53. The van der Waals surface area contributed by atoms with E-state index in [4.69, 9.17) is 5.73 Å². The molecule has 20 heavy (non-hydrogen) atoms. The highest BCUT2D eigenvalue weighted by Gasteiger charge is 2.17. The third kappa shape index (κ3) is 3.43. The molecule has 2 rings (SSSR count). The van der Waals surface area contributed by atoms with Gasteiger partial charge in [-0.05, 0) is 26.0 Å². The Balaban J connectivity index is 2.35. The van der Waals surface area contributed by atoms with E-state index in [1.807, 2.05) is 18.4 Å². The van der Waals surface area contributed by atoms with Gasteiger partial charge in [-0.25, -0.2) is 18.1 Å². The number of thiazole rings is 1. The fourth-order valence-corrected chi connectivity index (χ4v) is 3.76. The van der Waals surface area contributed by atoms with Crippen molar-refractivity contribution in [3.05, 3.63) is 35.3 Å². The van der Waals surface area contributed by atoms with Crippen molar-refractivity contribution in [2.75, 3.05) is 6.54 Å². The van der Waals surface area contributed by atoms with Crippen LogP contribution in [0.5, 0.6) is 0 Å². The average molecular weight is 311 g/mol. The van der Waals surface area contributed by atoms with Gasteiger partial charge in [0, 0.05) is 29.2 Å². The number of aryl methyl sites for hydroxylation is 1. The molecule has 7 heteroatoms. The van der Waals surface area contributed by atoms with E-state index in [9.17, 15) is 8.42 Å². The van der Waals surface area contributed by atoms with Crippen molar-refractivity contribution in [2.45, 2.75) is 24.8 Å². The molecule has 5 nitrogen and oxygen atoms in total. The first-order valence-electron chi connectivity index (χ1n) is 6.17. The van der Waals surface area contributed by atoms with Gasteiger partial charge in [-0.3, -0.25) is 0 Å². The Morgan fingerprint density at radius 3 is 2.80 bits per heavy atom. The topological polar surface area (TPSA) is 85.1 Å². The van der Waals surface area contributed by atoms with Gasteiger partial charge in [0.1, 0.15) is 5.01 Å². The summed E-state index contributed by atoms with van der Waals surface area (Å²) >= 11 is 1.49. The molecule has 1 heterocycles. The number of hydrogen-bond donors (Lipinski definition) is 2. The van der Waals surface area contributed by atoms with Gasteiger partial charge in [-0.15, -0.1) is 11.3 Å². The molecule has 0 amide bonds. The predicted octanol–water partition coefficient (Wildman–Crippen LogP) is 1.74. The monoisotopic (exact) mass is 311 g/mol. The quantitative estimate of drug-likeness (QED) is 0.881. The van der Waals surface area contributed by atoms with Crippen LogP contribution in [-0.2, 0) is 10.0 Å². The lowest BCUT2D eigenvalue weighted by Crippen LogP contribution is -2.37. The van der Waals surface area contributed by atoms with Crippen LogP contribution in [0.3, 0.4) is 0 Å². The largest absolute Gasteiger partial charge is 0.329 e. The molecule has 0 aliphatic rings. The second-order valence-corrected chi connectivity index (χ2v) is 7.15. The summed E-state index contributed by atoms with van der Waals surface area (Å²) in [6, 6.07) is 6.46. The van der Waals surface area contributed by atoms with Crippen LogP contribution in [0.15, 0.2) is 34.5 Å². The van der Waals surface area contributed by atoms with Crippen molar-refractivity contribution in [3.8, 4) is 10.6 Å². The van der Waals surface area contributed by atoms with Gasteiger partial charge in [-0.1, -0.05) is 12.1 Å². The molecule has 0 aliphatic heterocycles. The van der Waals surface area contributed by atoms with Gasteiger partial charge >= 0.3 is 0 Å². The SMILES string of the molecule is Cc1csc(-c2cccc(S(=O)(=O)N[C@H](C)CN)c2)n1. The van der Waals surface area contributed by atoms with Gasteiger partial charge in [-0.2, -0.15) is 0 Å². The molecular weight excluding hydrogens is 294 g/mol. The highest BCUT2D eigenvalue weighted by molar-refractivity contribution is 7.89. The molecule has 0 saturated carbocycles. The molecule has 0 spiro atoms. The summed E-state index contributed by atoms with van der Waals surface area (Å²) in [6.45, 7) is 3.89. The van der Waals surface area contributed by atoms with Crippen LogP contribution in [0.1, 0.15) is 12.6 Å². The Kier molecular flexibility index (Phi) is 4.54. The minimum absolute atomic E-state index is 0.225. The van der Waals surface area contributed by atoms with Gasteiger partial charge in [0.15, 0.2) is 0 Å². The summed E-state index contributed by atoms with van der Waals surface area (Å²) in [7, 11) is -3.55. The smallest absolute Gasteiger partial charge is 0.240 e. The zero-order valence-electron chi connectivity index (χ0n) is 11.3. The van der Waals surface area contributed by atoms with Crippen molar-refractivity contribution in [3.63, 3.8) is 0 Å². The lowest BCUT2D eigenvalue weighted by molar-refractivity contribution is 0.562. The van der Waals surface area contributed by atoms with E-state index in [1.165, 1.54) is 11.3 Å². The van der Waals surface area contributed by atoms with Crippen molar-refractivity contribution in [2.24, 2.45) is 5.73 Å². The maximum absolute atomic E-state index is 12.2. The van der Waals surface area contributed by atoms with Crippen LogP contribution < -0.4 is 10.5 Å². The number of nitrogens with zero attached hydrogens (tertiary/aromatic N) is 1. The molecule has 3 N–H and O–H groups in total. The molecule has 0 saturated heterocycles. The molecule has 0 fully saturated rings. The second kappa shape index (κ2) is 6.01. The van der Waals surface area contributed by atoms with Gasteiger partial charge in [0.05, 0.1) is 4.90 Å². The summed E-state index contributed by atoms with van der Waals surface area (Å²) in [5, 5.41) is 2.75. The number of hydrogen-bond acceptors (Lipinski definition) is 5. The van der Waals surface area contributed by atoms with Crippen LogP contribution >= 0.6 is 11.3 Å². The Morgan fingerprint density at radius 1 is 1.45 bits per heavy atom. The zero-order valence-corrected chi connectivity index (χ0v) is 13.0. The van der Waals surface area contributed by atoms with E-state index < -0.39 is 10.0 Å². The normalized spacial score (nSPS) is 13.3. The van der Waals surface area contributed by atoms with E-state index in [2.05, 4.69) is 9.71 Å². The van der Waals surface area contributed by atoms with Crippen LogP contribution in [0, 0.1) is 6.92 Å². The lowest BCUT2D eigenvalue weighted by Gasteiger charge is -2.12. The van der Waals surface area contributed by atoms with Crippen LogP contribution in [0.25, 0.3) is 10.6 Å². The maximum Gasteiger partial charge on any atom is 0.240 e. The summed E-state index contributed by atoms with van der Waals surface area (Å²) < 4.78 is 26.9. The number of rotatable bonds is 5. The molecule has 0 bridgehead atoms. The van der Waals surface area contributed by atoms with Crippen molar-refractivity contribution >= 4 is 21.4 Å². The summed E-state index contributed by atoms with van der Waals surface area (Å²) in [6.07, 6.45) is 0. The van der Waals surface area contributed by atoms with Crippen molar-refractivity contribution < 1.29 is 8.42 Å². The first kappa shape index (κ1) is 15.1. The first-order chi connectivity index (χ1) is 9.42. The van der Waals surface area contributed by atoms with Crippen LogP contribution in [0.4, 0.5) is 0 Å². The Hall–Kier alpha value is -1.28. The minimum atomic E-state index is -3.55. The Labute approximate surface area is 122 Å². The number of sulfonamides is 1. The molecule has 0 radical (unpaired) electrons. The number of nitrogens with one attached hydrogen (secondary N) is 1. The predicted molar refractivity (Wildman–Crippen MR) is 81.1 cm³/mol. The minimum Gasteiger partial charge on any atom is -0.329 e. The lowest BCUT2D eigenvalue weighted by atomic mass is 10.2. The highest BCUT2D eigenvalue weighted by atomic mass is 32.2. The number of aromatic nitrogens is 1. The molecule has 1 atom stereocenters. The maximum atomic E-state index is 12.2. The average Bonchev–Trinajstić information content (AvgIpc) is 2.85. The van der Waals surface area contributed by atoms with Crippen molar-refractivity contribution in [1.29, 1.82) is 0 Å². The van der Waals surface area contributed by atoms with Crippen molar-refractivity contribution in [1.82, 2.24) is 9.71 Å². The fraction of sp³-hybridized carbons (Fsp3) is 0.308. The molecule has 2 aromatic rings. The zero-order chi connectivity index (χ0) is 14.8.